The molecule has 1 saturated carbocycles. The van der Waals surface area contributed by atoms with Crippen LogP contribution in [0.5, 0.6) is 0 Å². The number of carboxylic acid groups (broad SMARTS) is 1. The normalized spacial score (nSPS) is 14.8. The number of carbonyl (C=O) groups is 2. The average molecular weight is 479 g/mol. The maximum absolute atomic E-state index is 12.3. The first-order valence-corrected chi connectivity index (χ1v) is 11.8. The van der Waals surface area contributed by atoms with Gasteiger partial charge in [0.15, 0.2) is 0 Å². The van der Waals surface area contributed by atoms with Crippen LogP contribution in [0, 0.1) is 11.8 Å². The van der Waals surface area contributed by atoms with Crippen molar-refractivity contribution in [3.05, 3.63) is 69.7 Å². The number of aromatic nitrogens is 1. The fourth-order valence-electron chi connectivity index (χ4n) is 3.46. The largest absolute Gasteiger partial charge is 0.481 e. The minimum atomic E-state index is -0.751. The molecule has 5 rings (SSSR count). The van der Waals surface area contributed by atoms with Crippen LogP contribution < -0.4 is 5.32 Å². The third-order valence-corrected chi connectivity index (χ3v) is 8.01. The number of ether oxygens (including phenoxy) is 1. The number of hydrogen-bond donors (Lipinski definition) is 2. The first-order chi connectivity index (χ1) is 15.9. The first kappa shape index (κ1) is 21.2. The maximum atomic E-state index is 12.3. The van der Waals surface area contributed by atoms with Crippen LogP contribution in [-0.4, -0.2) is 22.3 Å². The van der Waals surface area contributed by atoms with E-state index in [0.717, 1.165) is 24.7 Å². The molecule has 1 aromatic carbocycles. The highest BCUT2D eigenvalue weighted by molar-refractivity contribution is 7.38. The molecule has 9 heteroatoms. The lowest BCUT2D eigenvalue weighted by molar-refractivity contribution is -0.139. The number of benzene rings is 1. The van der Waals surface area contributed by atoms with E-state index in [1.54, 1.807) is 6.92 Å². The van der Waals surface area contributed by atoms with E-state index >= 15 is 0 Å². The van der Waals surface area contributed by atoms with E-state index in [0.29, 0.717) is 18.5 Å². The second kappa shape index (κ2) is 8.39. The van der Waals surface area contributed by atoms with Crippen molar-refractivity contribution in [2.24, 2.45) is 0 Å². The number of rotatable bonds is 5. The Morgan fingerprint density at radius 3 is 2.70 bits per heavy atom. The summed E-state index contributed by atoms with van der Waals surface area (Å²) in [4.78, 5) is 25.5. The van der Waals surface area contributed by atoms with Crippen LogP contribution in [0.3, 0.4) is 0 Å². The molecule has 4 aromatic rings. The number of nitrogens with one attached hydrogen (secondary N) is 1. The van der Waals surface area contributed by atoms with Gasteiger partial charge in [-0.15, -0.1) is 22.7 Å². The van der Waals surface area contributed by atoms with Crippen LogP contribution >= 0.6 is 22.7 Å². The minimum Gasteiger partial charge on any atom is -0.481 e. The van der Waals surface area contributed by atoms with E-state index < -0.39 is 23.6 Å². The lowest BCUT2D eigenvalue weighted by Crippen LogP contribution is -2.17. The summed E-state index contributed by atoms with van der Waals surface area (Å²) in [7, 11) is 0. The van der Waals surface area contributed by atoms with Gasteiger partial charge in [-0.1, -0.05) is 35.5 Å². The van der Waals surface area contributed by atoms with Gasteiger partial charge in [0.05, 0.1) is 15.1 Å². The Morgan fingerprint density at radius 1 is 1.21 bits per heavy atom. The quantitative estimate of drug-likeness (QED) is 0.353. The zero-order valence-electron chi connectivity index (χ0n) is 17.5. The van der Waals surface area contributed by atoms with Crippen molar-refractivity contribution in [3.8, 4) is 11.8 Å². The number of hydrogen-bond acceptors (Lipinski definition) is 7. The van der Waals surface area contributed by atoms with E-state index in [-0.39, 0.29) is 5.76 Å². The number of carboxylic acids is 1. The second-order valence-corrected chi connectivity index (χ2v) is 10.1. The molecule has 1 fully saturated rings. The Morgan fingerprint density at radius 2 is 2.00 bits per heavy atom. The van der Waals surface area contributed by atoms with Crippen molar-refractivity contribution in [2.75, 3.05) is 5.32 Å². The summed E-state index contributed by atoms with van der Waals surface area (Å²) in [6, 6.07) is 13.3. The standard InChI is InChI=1S/C24H18N2O5S2/c1-14(15-5-3-2-4-6-15)30-23(29)26-18-13-25-31-19(18)8-7-17-11-16-12-20(33-21(16)32-17)24(9-10-24)22(27)28/h2-6,11-14H,9-10H2,1H3,(H,26,29)(H,27,28). The third-order valence-electron chi connectivity index (χ3n) is 5.50. The summed E-state index contributed by atoms with van der Waals surface area (Å²) in [5.74, 6) is 5.40. The van der Waals surface area contributed by atoms with Crippen molar-refractivity contribution >= 4 is 49.8 Å². The van der Waals surface area contributed by atoms with Gasteiger partial charge in [0.2, 0.25) is 5.76 Å². The predicted octanol–water partition coefficient (Wildman–Crippen LogP) is 5.78. The molecule has 3 heterocycles. The van der Waals surface area contributed by atoms with Crippen molar-refractivity contribution < 1.29 is 24.0 Å². The number of fused-ring (bicyclic) bond motifs is 1. The van der Waals surface area contributed by atoms with Crippen LogP contribution in [-0.2, 0) is 14.9 Å². The van der Waals surface area contributed by atoms with Gasteiger partial charge in [-0.2, -0.15) is 0 Å². The van der Waals surface area contributed by atoms with Crippen LogP contribution in [0.15, 0.2) is 53.2 Å². The fourth-order valence-corrected chi connectivity index (χ4v) is 5.99. The lowest BCUT2D eigenvalue weighted by Gasteiger charge is -2.13. The van der Waals surface area contributed by atoms with E-state index in [1.807, 2.05) is 42.5 Å². The number of amides is 1. The smallest absolute Gasteiger partial charge is 0.412 e. The summed E-state index contributed by atoms with van der Waals surface area (Å²) < 4.78 is 11.6. The fraction of sp³-hybridized carbons (Fsp3) is 0.208. The monoisotopic (exact) mass is 478 g/mol. The Labute approximate surface area is 197 Å². The van der Waals surface area contributed by atoms with Crippen molar-refractivity contribution in [3.63, 3.8) is 0 Å². The highest BCUT2D eigenvalue weighted by atomic mass is 32.2. The Bertz CT molecular complexity index is 1370. The highest BCUT2D eigenvalue weighted by Crippen LogP contribution is 2.52. The summed E-state index contributed by atoms with van der Waals surface area (Å²) in [6.45, 7) is 1.79. The molecule has 33 heavy (non-hydrogen) atoms. The zero-order chi connectivity index (χ0) is 23.0. The van der Waals surface area contributed by atoms with E-state index in [1.165, 1.54) is 28.9 Å². The van der Waals surface area contributed by atoms with E-state index in [2.05, 4.69) is 22.3 Å². The Kier molecular flexibility index (Phi) is 5.40. The van der Waals surface area contributed by atoms with Crippen molar-refractivity contribution in [1.29, 1.82) is 0 Å². The lowest BCUT2D eigenvalue weighted by atomic mass is 10.1. The van der Waals surface area contributed by atoms with Gasteiger partial charge in [-0.3, -0.25) is 10.1 Å². The van der Waals surface area contributed by atoms with E-state index in [9.17, 15) is 14.7 Å². The molecule has 0 bridgehead atoms. The molecule has 1 unspecified atom stereocenters. The zero-order valence-corrected chi connectivity index (χ0v) is 19.1. The van der Waals surface area contributed by atoms with E-state index in [4.69, 9.17) is 9.26 Å². The Hall–Kier alpha value is -3.61. The van der Waals surface area contributed by atoms with Crippen LogP contribution in [0.1, 0.15) is 46.9 Å². The summed E-state index contributed by atoms with van der Waals surface area (Å²) in [5.41, 5.74) is 0.516. The molecule has 166 valence electrons. The number of nitrogens with zero attached hydrogens (tertiary/aromatic N) is 1. The second-order valence-electron chi connectivity index (χ2n) is 7.75. The average Bonchev–Trinajstić information content (AvgIpc) is 3.12. The molecule has 3 aromatic heterocycles. The third kappa shape index (κ3) is 4.23. The summed E-state index contributed by atoms with van der Waals surface area (Å²) in [5, 5.41) is 16.8. The van der Waals surface area contributed by atoms with Crippen LogP contribution in [0.4, 0.5) is 10.5 Å². The SMILES string of the molecule is CC(OC(=O)Nc1cnoc1C#Cc1cc2cc(C3(C(=O)O)CC3)sc2s1)c1ccccc1. The molecule has 1 atom stereocenters. The molecular weight excluding hydrogens is 460 g/mol. The number of anilines is 1. The predicted molar refractivity (Wildman–Crippen MR) is 126 cm³/mol. The highest BCUT2D eigenvalue weighted by Gasteiger charge is 2.53. The van der Waals surface area contributed by atoms with Gasteiger partial charge in [-0.05, 0) is 49.3 Å². The molecule has 0 saturated heterocycles. The van der Waals surface area contributed by atoms with Gasteiger partial charge in [0.1, 0.15) is 17.2 Å². The number of carbonyl (C=O) groups excluding carboxylic acids is 1. The van der Waals surface area contributed by atoms with Crippen molar-refractivity contribution in [1.82, 2.24) is 5.16 Å². The van der Waals surface area contributed by atoms with Gasteiger partial charge >= 0.3 is 12.1 Å². The van der Waals surface area contributed by atoms with Gasteiger partial charge in [0, 0.05) is 10.3 Å². The Balaban J connectivity index is 1.27. The topological polar surface area (TPSA) is 102 Å². The van der Waals surface area contributed by atoms with Crippen LogP contribution in [0.25, 0.3) is 9.40 Å². The van der Waals surface area contributed by atoms with Crippen LogP contribution in [0.2, 0.25) is 0 Å². The molecule has 0 spiro atoms. The first-order valence-electron chi connectivity index (χ1n) is 10.2. The molecule has 1 aliphatic carbocycles. The summed E-state index contributed by atoms with van der Waals surface area (Å²) >= 11 is 3.01. The number of aliphatic carboxylic acids is 1. The number of thiophene rings is 2. The molecule has 7 nitrogen and oxygen atoms in total. The molecule has 1 aliphatic rings. The van der Waals surface area contributed by atoms with Crippen molar-refractivity contribution in [2.45, 2.75) is 31.3 Å². The minimum absolute atomic E-state index is 0.222. The molecule has 0 radical (unpaired) electrons. The molecule has 1 amide bonds. The van der Waals surface area contributed by atoms with Gasteiger partial charge < -0.3 is 14.4 Å². The summed E-state index contributed by atoms with van der Waals surface area (Å²) in [6.07, 6.45) is 1.71. The maximum Gasteiger partial charge on any atom is 0.412 e. The molecule has 2 N–H and O–H groups in total. The molecular formula is C24H18N2O5S2. The molecule has 0 aliphatic heterocycles. The van der Waals surface area contributed by atoms with Gasteiger partial charge in [0.25, 0.3) is 0 Å². The van der Waals surface area contributed by atoms with Gasteiger partial charge in [-0.25, -0.2) is 4.79 Å².